The highest BCUT2D eigenvalue weighted by Gasteiger charge is 2.21. The smallest absolute Gasteiger partial charge is 0.174 e. The lowest BCUT2D eigenvalue weighted by Gasteiger charge is -2.36. The standard InChI is InChI=1S/C22H22ClF2N5S/c23-18-6-2-1-4-16(18)15-30-9-8-20(27-30)26-22(31)29-12-10-28(11-13-29)14-17-5-3-7-19(24)21(17)25/h1-9H,10-15H2,(H,26,27,31). The van der Waals surface area contributed by atoms with E-state index in [1.54, 1.807) is 10.7 Å². The second kappa shape index (κ2) is 9.72. The molecule has 1 N–H and O–H groups in total. The predicted octanol–water partition coefficient (Wildman–Crippen LogP) is 4.38. The Labute approximate surface area is 190 Å². The van der Waals surface area contributed by atoms with Gasteiger partial charge in [-0.05, 0) is 29.9 Å². The zero-order valence-corrected chi connectivity index (χ0v) is 18.3. The van der Waals surface area contributed by atoms with Crippen molar-refractivity contribution in [2.45, 2.75) is 13.1 Å². The van der Waals surface area contributed by atoms with Crippen molar-refractivity contribution in [1.29, 1.82) is 0 Å². The molecule has 2 heterocycles. The summed E-state index contributed by atoms with van der Waals surface area (Å²) >= 11 is 11.8. The van der Waals surface area contributed by atoms with E-state index in [2.05, 4.69) is 20.2 Å². The SMILES string of the molecule is Fc1cccc(CN2CCN(C(=S)Nc3ccn(Cc4ccccc4Cl)n3)CC2)c1F. The number of hydrogen-bond acceptors (Lipinski definition) is 3. The van der Waals surface area contributed by atoms with E-state index in [0.717, 1.165) is 11.6 Å². The van der Waals surface area contributed by atoms with Crippen molar-refractivity contribution >= 4 is 34.7 Å². The van der Waals surface area contributed by atoms with Crippen LogP contribution in [0.3, 0.4) is 0 Å². The van der Waals surface area contributed by atoms with E-state index >= 15 is 0 Å². The van der Waals surface area contributed by atoms with E-state index in [4.69, 9.17) is 23.8 Å². The number of hydrogen-bond donors (Lipinski definition) is 1. The van der Waals surface area contributed by atoms with E-state index in [1.165, 1.54) is 6.07 Å². The topological polar surface area (TPSA) is 36.3 Å². The molecule has 0 bridgehead atoms. The molecule has 3 aromatic rings. The summed E-state index contributed by atoms with van der Waals surface area (Å²) in [5, 5.41) is 9.00. The number of piperazine rings is 1. The molecular formula is C22H22ClF2N5S. The number of halogens is 3. The molecule has 4 rings (SSSR count). The Balaban J connectivity index is 1.28. The van der Waals surface area contributed by atoms with Gasteiger partial charge in [-0.1, -0.05) is 41.9 Å². The lowest BCUT2D eigenvalue weighted by atomic mass is 10.2. The van der Waals surface area contributed by atoms with Gasteiger partial charge in [-0.3, -0.25) is 9.58 Å². The molecule has 9 heteroatoms. The third-order valence-electron chi connectivity index (χ3n) is 5.25. The second-order valence-corrected chi connectivity index (χ2v) is 8.19. The zero-order valence-electron chi connectivity index (χ0n) is 16.8. The number of aromatic nitrogens is 2. The maximum atomic E-state index is 13.9. The first-order valence-electron chi connectivity index (χ1n) is 9.97. The lowest BCUT2D eigenvalue weighted by molar-refractivity contribution is 0.175. The molecule has 0 aliphatic carbocycles. The molecule has 1 aliphatic heterocycles. The molecule has 1 fully saturated rings. The summed E-state index contributed by atoms with van der Waals surface area (Å²) in [4.78, 5) is 4.15. The van der Waals surface area contributed by atoms with E-state index in [1.807, 2.05) is 36.5 Å². The predicted molar refractivity (Wildman–Crippen MR) is 122 cm³/mol. The minimum absolute atomic E-state index is 0.373. The van der Waals surface area contributed by atoms with Gasteiger partial charge >= 0.3 is 0 Å². The molecule has 2 aromatic carbocycles. The fourth-order valence-corrected chi connectivity index (χ4v) is 4.01. The van der Waals surface area contributed by atoms with E-state index in [-0.39, 0.29) is 0 Å². The normalized spacial score (nSPS) is 14.6. The number of rotatable bonds is 5. The van der Waals surface area contributed by atoms with Crippen molar-refractivity contribution < 1.29 is 8.78 Å². The van der Waals surface area contributed by atoms with Crippen LogP contribution in [0.25, 0.3) is 0 Å². The van der Waals surface area contributed by atoms with E-state index in [9.17, 15) is 8.78 Å². The van der Waals surface area contributed by atoms with Crippen LogP contribution >= 0.6 is 23.8 Å². The highest BCUT2D eigenvalue weighted by Crippen LogP contribution is 2.18. The summed E-state index contributed by atoms with van der Waals surface area (Å²) in [6, 6.07) is 13.8. The van der Waals surface area contributed by atoms with Crippen molar-refractivity contribution in [2.75, 3.05) is 31.5 Å². The minimum atomic E-state index is -0.810. The summed E-state index contributed by atoms with van der Waals surface area (Å²) in [5.74, 6) is -0.911. The third-order valence-corrected chi connectivity index (χ3v) is 5.98. The highest BCUT2D eigenvalue weighted by atomic mass is 35.5. The largest absolute Gasteiger partial charge is 0.346 e. The van der Waals surface area contributed by atoms with Crippen molar-refractivity contribution in [3.05, 3.63) is 82.5 Å². The summed E-state index contributed by atoms with van der Waals surface area (Å²) in [6.45, 7) is 3.76. The number of nitrogens with one attached hydrogen (secondary N) is 1. The molecular weight excluding hydrogens is 440 g/mol. The Hall–Kier alpha value is -2.55. The highest BCUT2D eigenvalue weighted by molar-refractivity contribution is 7.80. The lowest BCUT2D eigenvalue weighted by Crippen LogP contribution is -2.49. The Morgan fingerprint density at radius 3 is 2.48 bits per heavy atom. The van der Waals surface area contributed by atoms with Crippen LogP contribution in [-0.4, -0.2) is 50.9 Å². The van der Waals surface area contributed by atoms with Crippen LogP contribution in [0.4, 0.5) is 14.6 Å². The maximum Gasteiger partial charge on any atom is 0.174 e. The van der Waals surface area contributed by atoms with Gasteiger partial charge in [0, 0.05) is 55.6 Å². The number of nitrogens with zero attached hydrogens (tertiary/aromatic N) is 4. The molecule has 162 valence electrons. The molecule has 5 nitrogen and oxygen atoms in total. The van der Waals surface area contributed by atoms with E-state index < -0.39 is 11.6 Å². The number of anilines is 1. The monoisotopic (exact) mass is 461 g/mol. The van der Waals surface area contributed by atoms with Crippen molar-refractivity contribution in [3.8, 4) is 0 Å². The van der Waals surface area contributed by atoms with Gasteiger partial charge in [-0.15, -0.1) is 0 Å². The van der Waals surface area contributed by atoms with Gasteiger partial charge in [0.1, 0.15) is 0 Å². The van der Waals surface area contributed by atoms with Gasteiger partial charge in [-0.25, -0.2) is 8.78 Å². The summed E-state index contributed by atoms with van der Waals surface area (Å²) in [6.07, 6.45) is 1.87. The fraction of sp³-hybridized carbons (Fsp3) is 0.273. The average Bonchev–Trinajstić information content (AvgIpc) is 3.20. The molecule has 0 amide bonds. The van der Waals surface area contributed by atoms with Gasteiger partial charge in [0.2, 0.25) is 0 Å². The van der Waals surface area contributed by atoms with Crippen LogP contribution in [-0.2, 0) is 13.1 Å². The first kappa shape index (κ1) is 21.7. The molecule has 0 spiro atoms. The van der Waals surface area contributed by atoms with Crippen LogP contribution in [0.1, 0.15) is 11.1 Å². The van der Waals surface area contributed by atoms with Crippen LogP contribution in [0, 0.1) is 11.6 Å². The van der Waals surface area contributed by atoms with Gasteiger partial charge in [-0.2, -0.15) is 5.10 Å². The number of benzene rings is 2. The quantitative estimate of drug-likeness (QED) is 0.571. The van der Waals surface area contributed by atoms with Gasteiger partial charge in [0.05, 0.1) is 6.54 Å². The van der Waals surface area contributed by atoms with Crippen LogP contribution in [0.15, 0.2) is 54.7 Å². The molecule has 0 radical (unpaired) electrons. The summed E-state index contributed by atoms with van der Waals surface area (Å²) < 4.78 is 29.1. The molecule has 1 saturated heterocycles. The van der Waals surface area contributed by atoms with Crippen molar-refractivity contribution in [1.82, 2.24) is 19.6 Å². The van der Waals surface area contributed by atoms with Crippen LogP contribution in [0.2, 0.25) is 5.02 Å². The Morgan fingerprint density at radius 1 is 0.968 bits per heavy atom. The van der Waals surface area contributed by atoms with Gasteiger partial charge in [0.15, 0.2) is 22.6 Å². The summed E-state index contributed by atoms with van der Waals surface area (Å²) in [7, 11) is 0. The Morgan fingerprint density at radius 2 is 1.71 bits per heavy atom. The molecule has 31 heavy (non-hydrogen) atoms. The van der Waals surface area contributed by atoms with Gasteiger partial charge in [0.25, 0.3) is 0 Å². The van der Waals surface area contributed by atoms with Crippen LogP contribution in [0.5, 0.6) is 0 Å². The zero-order chi connectivity index (χ0) is 21.8. The molecule has 0 saturated carbocycles. The Kier molecular flexibility index (Phi) is 6.80. The Bertz CT molecular complexity index is 1070. The minimum Gasteiger partial charge on any atom is -0.346 e. The second-order valence-electron chi connectivity index (χ2n) is 7.40. The van der Waals surface area contributed by atoms with Crippen molar-refractivity contribution in [2.24, 2.45) is 0 Å². The van der Waals surface area contributed by atoms with Crippen molar-refractivity contribution in [3.63, 3.8) is 0 Å². The van der Waals surface area contributed by atoms with Gasteiger partial charge < -0.3 is 10.2 Å². The summed E-state index contributed by atoms with van der Waals surface area (Å²) in [5.41, 5.74) is 1.37. The molecule has 0 atom stereocenters. The molecule has 0 unspecified atom stereocenters. The first-order valence-corrected chi connectivity index (χ1v) is 10.8. The third kappa shape index (κ3) is 5.39. The first-order chi connectivity index (χ1) is 15.0. The maximum absolute atomic E-state index is 13.9. The number of thiocarbonyl (C=S) groups is 1. The molecule has 1 aliphatic rings. The van der Waals surface area contributed by atoms with Crippen LogP contribution < -0.4 is 5.32 Å². The molecule has 1 aromatic heterocycles. The fourth-order valence-electron chi connectivity index (χ4n) is 3.53. The van der Waals surface area contributed by atoms with E-state index in [0.29, 0.717) is 60.8 Å². The average molecular weight is 462 g/mol.